The van der Waals surface area contributed by atoms with Crippen molar-refractivity contribution < 1.29 is 14.4 Å². The maximum atomic E-state index is 7.73. The summed E-state index contributed by atoms with van der Waals surface area (Å²) in [6.45, 7) is 4.24. The normalized spacial score (nSPS) is 8.92. The minimum Gasteiger partial charge on any atom is -0.437 e. The molecule has 0 fully saturated rings. The second kappa shape index (κ2) is 6.85. The molecule has 0 aliphatic rings. The van der Waals surface area contributed by atoms with E-state index in [1.807, 2.05) is 0 Å². The SMILES string of the molecule is Cc1ccccc1C.OB(O)O[SiH3]. The fourth-order valence-corrected chi connectivity index (χ4v) is 0.663. The summed E-state index contributed by atoms with van der Waals surface area (Å²) in [7, 11) is -1.18. The van der Waals surface area contributed by atoms with Crippen molar-refractivity contribution in [2.75, 3.05) is 0 Å². The van der Waals surface area contributed by atoms with Crippen LogP contribution in [0.25, 0.3) is 0 Å². The van der Waals surface area contributed by atoms with E-state index >= 15 is 0 Å². The van der Waals surface area contributed by atoms with E-state index in [1.54, 1.807) is 0 Å². The summed E-state index contributed by atoms with van der Waals surface area (Å²) >= 11 is 0. The van der Waals surface area contributed by atoms with Crippen LogP contribution >= 0.6 is 0 Å². The molecule has 0 saturated heterocycles. The van der Waals surface area contributed by atoms with Crippen LogP contribution in [0, 0.1) is 13.8 Å². The number of hydrogen-bond donors (Lipinski definition) is 2. The Bertz CT molecular complexity index is 222. The topological polar surface area (TPSA) is 49.7 Å². The minimum atomic E-state index is -1.55. The van der Waals surface area contributed by atoms with Crippen molar-refractivity contribution in [3.63, 3.8) is 0 Å². The second-order valence-corrected chi connectivity index (χ2v) is 3.12. The molecule has 1 aromatic carbocycles. The van der Waals surface area contributed by atoms with Gasteiger partial charge in [-0.05, 0) is 25.0 Å². The summed E-state index contributed by atoms with van der Waals surface area (Å²) in [6.07, 6.45) is 0. The highest BCUT2D eigenvalue weighted by Gasteiger charge is 1.99. The van der Waals surface area contributed by atoms with Crippen molar-refractivity contribution in [1.82, 2.24) is 0 Å². The number of aryl methyl sites for hydroxylation is 2. The van der Waals surface area contributed by atoms with E-state index in [0.717, 1.165) is 0 Å². The lowest BCUT2D eigenvalue weighted by atomic mass is 10.1. The van der Waals surface area contributed by atoms with Gasteiger partial charge in [-0.3, -0.25) is 0 Å². The van der Waals surface area contributed by atoms with Gasteiger partial charge in [-0.15, -0.1) is 0 Å². The van der Waals surface area contributed by atoms with Crippen molar-refractivity contribution in [3.05, 3.63) is 35.4 Å². The fraction of sp³-hybridized carbons (Fsp3) is 0.250. The zero-order valence-electron chi connectivity index (χ0n) is 8.19. The van der Waals surface area contributed by atoms with E-state index in [9.17, 15) is 0 Å². The average Bonchev–Trinajstić information content (AvgIpc) is 2.11. The Kier molecular flexibility index (Phi) is 6.52. The van der Waals surface area contributed by atoms with Gasteiger partial charge in [-0.1, -0.05) is 24.3 Å². The Morgan fingerprint density at radius 1 is 1.15 bits per heavy atom. The lowest BCUT2D eigenvalue weighted by molar-refractivity contribution is 0.299. The largest absolute Gasteiger partial charge is 0.622 e. The summed E-state index contributed by atoms with van der Waals surface area (Å²) in [5.74, 6) is 0. The molecule has 0 bridgehead atoms. The van der Waals surface area contributed by atoms with Gasteiger partial charge in [-0.25, -0.2) is 0 Å². The minimum absolute atomic E-state index is 0.373. The summed E-state index contributed by atoms with van der Waals surface area (Å²) < 4.78 is 4.00. The highest BCUT2D eigenvalue weighted by atomic mass is 28.2. The van der Waals surface area contributed by atoms with Crippen molar-refractivity contribution in [3.8, 4) is 0 Å². The van der Waals surface area contributed by atoms with Crippen LogP contribution in [0.3, 0.4) is 0 Å². The Morgan fingerprint density at radius 3 is 1.62 bits per heavy atom. The molecule has 0 spiro atoms. The first-order valence-corrected chi connectivity index (χ1v) is 4.80. The smallest absolute Gasteiger partial charge is 0.437 e. The quantitative estimate of drug-likeness (QED) is 0.601. The number of hydrogen-bond acceptors (Lipinski definition) is 3. The Hall–Kier alpha value is -0.618. The van der Waals surface area contributed by atoms with Crippen LogP contribution in [0.5, 0.6) is 0 Å². The standard InChI is InChI=1S/C8H10.BH5O3Si/c1-7-5-3-4-6-8(7)2;2-1(3)4-5/h3-6H,1-2H3;2-3H,5H3. The molecule has 2 N–H and O–H groups in total. The molecule has 0 radical (unpaired) electrons. The van der Waals surface area contributed by atoms with Crippen molar-refractivity contribution >= 4 is 17.8 Å². The predicted octanol–water partition coefficient (Wildman–Crippen LogP) is -0.444. The van der Waals surface area contributed by atoms with Gasteiger partial charge in [0.05, 0.1) is 0 Å². The molecular weight excluding hydrogens is 183 g/mol. The zero-order chi connectivity index (χ0) is 10.3. The van der Waals surface area contributed by atoms with Crippen molar-refractivity contribution in [2.24, 2.45) is 0 Å². The Labute approximate surface area is 82.1 Å². The van der Waals surface area contributed by atoms with E-state index in [4.69, 9.17) is 10.0 Å². The lowest BCUT2D eigenvalue weighted by Crippen LogP contribution is -2.13. The van der Waals surface area contributed by atoms with Crippen LogP contribution in [0.1, 0.15) is 11.1 Å². The van der Waals surface area contributed by atoms with Crippen LogP contribution < -0.4 is 0 Å². The summed E-state index contributed by atoms with van der Waals surface area (Å²) in [4.78, 5) is 0. The zero-order valence-corrected chi connectivity index (χ0v) is 10.2. The van der Waals surface area contributed by atoms with Gasteiger partial charge < -0.3 is 14.4 Å². The number of rotatable bonds is 1. The predicted molar refractivity (Wildman–Crippen MR) is 57.1 cm³/mol. The molecule has 0 aliphatic heterocycles. The molecule has 0 aromatic heterocycles. The van der Waals surface area contributed by atoms with Crippen LogP contribution in [-0.2, 0) is 4.34 Å². The molecular formula is C8H15BO3Si. The van der Waals surface area contributed by atoms with Gasteiger partial charge in [0.1, 0.15) is 10.5 Å². The molecule has 1 aromatic rings. The monoisotopic (exact) mass is 198 g/mol. The second-order valence-electron chi connectivity index (χ2n) is 2.65. The van der Waals surface area contributed by atoms with Crippen LogP contribution in [-0.4, -0.2) is 27.9 Å². The maximum absolute atomic E-state index is 7.73. The highest BCUT2D eigenvalue weighted by molar-refractivity contribution is 6.38. The van der Waals surface area contributed by atoms with Gasteiger partial charge >= 0.3 is 7.32 Å². The molecule has 0 amide bonds. The third-order valence-electron chi connectivity index (χ3n) is 1.64. The van der Waals surface area contributed by atoms with Gasteiger partial charge in [0.25, 0.3) is 0 Å². The molecule has 72 valence electrons. The highest BCUT2D eigenvalue weighted by Crippen LogP contribution is 2.02. The molecule has 5 heteroatoms. The third-order valence-corrected chi connectivity index (χ3v) is 2.06. The van der Waals surface area contributed by atoms with Gasteiger partial charge in [0.15, 0.2) is 0 Å². The van der Waals surface area contributed by atoms with Crippen molar-refractivity contribution in [1.29, 1.82) is 0 Å². The van der Waals surface area contributed by atoms with E-state index < -0.39 is 7.32 Å². The molecule has 0 unspecified atom stereocenters. The van der Waals surface area contributed by atoms with Gasteiger partial charge in [0.2, 0.25) is 0 Å². The van der Waals surface area contributed by atoms with E-state index in [2.05, 4.69) is 42.5 Å². The summed E-state index contributed by atoms with van der Waals surface area (Å²) in [6, 6.07) is 8.36. The molecule has 0 heterocycles. The first kappa shape index (κ1) is 12.4. The fourth-order valence-electron chi connectivity index (χ4n) is 0.663. The molecule has 13 heavy (non-hydrogen) atoms. The Balaban J connectivity index is 0.000000252. The third kappa shape index (κ3) is 6.53. The van der Waals surface area contributed by atoms with Crippen molar-refractivity contribution in [2.45, 2.75) is 13.8 Å². The molecule has 1 rings (SSSR count). The number of benzene rings is 1. The lowest BCUT2D eigenvalue weighted by Gasteiger charge is -1.93. The van der Waals surface area contributed by atoms with Crippen LogP contribution in [0.4, 0.5) is 0 Å². The molecule has 0 aliphatic carbocycles. The molecule has 3 nitrogen and oxygen atoms in total. The first-order chi connectivity index (χ1) is 6.07. The van der Waals surface area contributed by atoms with Gasteiger partial charge in [0, 0.05) is 0 Å². The molecule has 0 atom stereocenters. The van der Waals surface area contributed by atoms with Gasteiger partial charge in [-0.2, -0.15) is 0 Å². The summed E-state index contributed by atoms with van der Waals surface area (Å²) in [5, 5.41) is 15.5. The maximum Gasteiger partial charge on any atom is 0.622 e. The first-order valence-electron chi connectivity index (χ1n) is 3.99. The van der Waals surface area contributed by atoms with E-state index in [1.165, 1.54) is 11.1 Å². The van der Waals surface area contributed by atoms with E-state index in [-0.39, 0.29) is 0 Å². The summed E-state index contributed by atoms with van der Waals surface area (Å²) in [5.41, 5.74) is 2.74. The van der Waals surface area contributed by atoms with Crippen LogP contribution in [0.15, 0.2) is 24.3 Å². The average molecular weight is 198 g/mol. The van der Waals surface area contributed by atoms with E-state index in [0.29, 0.717) is 10.5 Å². The van der Waals surface area contributed by atoms with Crippen LogP contribution in [0.2, 0.25) is 0 Å². The molecule has 0 saturated carbocycles. The Morgan fingerprint density at radius 2 is 1.46 bits per heavy atom.